The quantitative estimate of drug-likeness (QED) is 0.0994. The minimum Gasteiger partial charge on any atom is -0.490 e. The molecule has 228 valence electrons. The fraction of sp³-hybridized carbons (Fsp3) is 0.143. The van der Waals surface area contributed by atoms with E-state index in [9.17, 15) is 9.59 Å². The Bertz CT molecular complexity index is 1800. The van der Waals surface area contributed by atoms with Crippen LogP contribution >= 0.6 is 11.3 Å². The number of aromatic nitrogens is 1. The number of nitrogens with one attached hydrogen (secondary N) is 3. The molecule has 0 bridgehead atoms. The van der Waals surface area contributed by atoms with Crippen LogP contribution in [0, 0.1) is 13.8 Å². The molecule has 5 aromatic rings. The molecule has 0 spiro atoms. The Labute approximate surface area is 266 Å². The third-order valence-corrected chi connectivity index (χ3v) is 7.40. The van der Waals surface area contributed by atoms with Crippen LogP contribution in [0.25, 0.3) is 11.3 Å². The van der Waals surface area contributed by atoms with E-state index in [1.165, 1.54) is 17.6 Å². The number of nitrogens with zero attached hydrogens (tertiary/aromatic N) is 2. The highest BCUT2D eigenvalue weighted by atomic mass is 32.1. The van der Waals surface area contributed by atoms with Crippen LogP contribution in [0.15, 0.2) is 101 Å². The van der Waals surface area contributed by atoms with Crippen LogP contribution < -0.4 is 25.5 Å². The molecule has 0 aliphatic heterocycles. The predicted molar refractivity (Wildman–Crippen MR) is 180 cm³/mol. The van der Waals surface area contributed by atoms with E-state index in [0.29, 0.717) is 29.2 Å². The molecule has 4 aromatic carbocycles. The minimum atomic E-state index is -0.345. The number of rotatable bonds is 12. The number of benzene rings is 4. The fourth-order valence-corrected chi connectivity index (χ4v) is 5.06. The van der Waals surface area contributed by atoms with Crippen LogP contribution in [0.4, 0.5) is 16.5 Å². The van der Waals surface area contributed by atoms with Crippen molar-refractivity contribution in [2.45, 2.75) is 20.8 Å². The standard InChI is InChI=1S/C35H33N5O4S/c1-4-43-32-19-25(12-17-31(32)44-21-33(41)38-29-18-23(2)10-11-24(29)3)20-36-40-34(42)27-15-13-26(14-16-27)30-22-45-35(39-30)37-28-8-6-5-7-9-28/h5-20,22H,4,21H2,1-3H3,(H,37,39)(H,38,41)(H,40,42)/b36-20+. The van der Waals surface area contributed by atoms with Crippen LogP contribution in [0.5, 0.6) is 11.5 Å². The molecule has 0 aliphatic carbocycles. The van der Waals surface area contributed by atoms with Gasteiger partial charge in [0.05, 0.1) is 18.5 Å². The van der Waals surface area contributed by atoms with E-state index in [1.807, 2.05) is 86.8 Å². The first-order valence-electron chi connectivity index (χ1n) is 14.4. The van der Waals surface area contributed by atoms with Crippen LogP contribution in [-0.2, 0) is 4.79 Å². The summed E-state index contributed by atoms with van der Waals surface area (Å²) < 4.78 is 11.5. The molecule has 0 aliphatic rings. The van der Waals surface area contributed by atoms with E-state index in [4.69, 9.17) is 9.47 Å². The van der Waals surface area contributed by atoms with Gasteiger partial charge in [0.1, 0.15) is 0 Å². The summed E-state index contributed by atoms with van der Waals surface area (Å²) in [6, 6.07) is 28.1. The molecule has 5 rings (SSSR count). The third kappa shape index (κ3) is 8.55. The Hall–Kier alpha value is -5.48. The molecule has 10 heteroatoms. The van der Waals surface area contributed by atoms with Crippen molar-refractivity contribution in [3.05, 3.63) is 119 Å². The molecule has 45 heavy (non-hydrogen) atoms. The molecule has 0 saturated heterocycles. The normalized spacial score (nSPS) is 10.8. The van der Waals surface area contributed by atoms with Crippen LogP contribution in [0.2, 0.25) is 0 Å². The number of hydrazone groups is 1. The number of aryl methyl sites for hydroxylation is 2. The Kier molecular flexibility index (Phi) is 10.2. The molecule has 2 amide bonds. The molecular formula is C35H33N5O4S. The van der Waals surface area contributed by atoms with Gasteiger partial charge in [-0.1, -0.05) is 42.5 Å². The number of para-hydroxylation sites is 1. The van der Waals surface area contributed by atoms with Crippen LogP contribution in [0.3, 0.4) is 0 Å². The lowest BCUT2D eigenvalue weighted by Gasteiger charge is -2.13. The zero-order valence-corrected chi connectivity index (χ0v) is 26.0. The predicted octanol–water partition coefficient (Wildman–Crippen LogP) is 7.35. The maximum absolute atomic E-state index is 12.7. The zero-order valence-electron chi connectivity index (χ0n) is 25.2. The van der Waals surface area contributed by atoms with Gasteiger partial charge < -0.3 is 20.1 Å². The monoisotopic (exact) mass is 619 g/mol. The van der Waals surface area contributed by atoms with Crippen molar-refractivity contribution in [2.24, 2.45) is 5.10 Å². The van der Waals surface area contributed by atoms with E-state index in [2.05, 4.69) is 26.1 Å². The molecule has 1 aromatic heterocycles. The van der Waals surface area contributed by atoms with E-state index >= 15 is 0 Å². The summed E-state index contributed by atoms with van der Waals surface area (Å²) in [6.07, 6.45) is 1.52. The summed E-state index contributed by atoms with van der Waals surface area (Å²) in [5.41, 5.74) is 9.18. The number of carbonyl (C=O) groups excluding carboxylic acids is 2. The average molecular weight is 620 g/mol. The summed E-state index contributed by atoms with van der Waals surface area (Å²) in [4.78, 5) is 29.9. The Morgan fingerprint density at radius 2 is 1.71 bits per heavy atom. The van der Waals surface area contributed by atoms with Gasteiger partial charge in [0, 0.05) is 27.9 Å². The van der Waals surface area contributed by atoms with E-state index in [-0.39, 0.29) is 18.4 Å². The lowest BCUT2D eigenvalue weighted by Crippen LogP contribution is -2.21. The van der Waals surface area contributed by atoms with Crippen molar-refractivity contribution >= 4 is 45.9 Å². The van der Waals surface area contributed by atoms with E-state index in [1.54, 1.807) is 30.3 Å². The lowest BCUT2D eigenvalue weighted by molar-refractivity contribution is -0.118. The van der Waals surface area contributed by atoms with Gasteiger partial charge in [-0.2, -0.15) is 5.10 Å². The van der Waals surface area contributed by atoms with Crippen molar-refractivity contribution in [3.8, 4) is 22.8 Å². The van der Waals surface area contributed by atoms with Gasteiger partial charge in [-0.25, -0.2) is 10.4 Å². The van der Waals surface area contributed by atoms with Crippen molar-refractivity contribution in [3.63, 3.8) is 0 Å². The van der Waals surface area contributed by atoms with Crippen LogP contribution in [0.1, 0.15) is 34.0 Å². The molecule has 3 N–H and O–H groups in total. The number of ether oxygens (including phenoxy) is 2. The second-order valence-corrected chi connectivity index (χ2v) is 11.0. The molecule has 0 radical (unpaired) electrons. The molecule has 0 atom stereocenters. The highest BCUT2D eigenvalue weighted by molar-refractivity contribution is 7.14. The number of hydrogen-bond donors (Lipinski definition) is 3. The molecule has 9 nitrogen and oxygen atoms in total. The smallest absolute Gasteiger partial charge is 0.271 e. The highest BCUT2D eigenvalue weighted by Gasteiger charge is 2.11. The third-order valence-electron chi connectivity index (χ3n) is 6.65. The maximum atomic E-state index is 12.7. The summed E-state index contributed by atoms with van der Waals surface area (Å²) in [5.74, 6) is 0.274. The summed E-state index contributed by atoms with van der Waals surface area (Å²) in [7, 11) is 0. The number of amides is 2. The van der Waals surface area contributed by atoms with Gasteiger partial charge in [-0.15, -0.1) is 11.3 Å². The van der Waals surface area contributed by atoms with Gasteiger partial charge in [-0.05, 0) is 86.0 Å². The highest BCUT2D eigenvalue weighted by Crippen LogP contribution is 2.29. The summed E-state index contributed by atoms with van der Waals surface area (Å²) in [6.45, 7) is 6.00. The number of carbonyl (C=O) groups is 2. The summed E-state index contributed by atoms with van der Waals surface area (Å²) in [5, 5.41) is 13.0. The van der Waals surface area contributed by atoms with Crippen molar-refractivity contribution in [1.29, 1.82) is 0 Å². The van der Waals surface area contributed by atoms with Crippen molar-refractivity contribution in [1.82, 2.24) is 10.4 Å². The van der Waals surface area contributed by atoms with Gasteiger partial charge in [0.15, 0.2) is 23.2 Å². The van der Waals surface area contributed by atoms with Crippen molar-refractivity contribution < 1.29 is 19.1 Å². The average Bonchev–Trinajstić information content (AvgIpc) is 3.51. The van der Waals surface area contributed by atoms with Gasteiger partial charge in [0.2, 0.25) is 0 Å². The molecule has 1 heterocycles. The topological polar surface area (TPSA) is 114 Å². The SMILES string of the molecule is CCOc1cc(/C=N/NC(=O)c2ccc(-c3csc(Nc4ccccc4)n3)cc2)ccc1OCC(=O)Nc1cc(C)ccc1C. The lowest BCUT2D eigenvalue weighted by atomic mass is 10.1. The Morgan fingerprint density at radius 1 is 0.911 bits per heavy atom. The first kappa shape index (κ1) is 31.0. The maximum Gasteiger partial charge on any atom is 0.271 e. The number of thiazole rings is 1. The Balaban J connectivity index is 1.15. The summed E-state index contributed by atoms with van der Waals surface area (Å²) >= 11 is 1.51. The van der Waals surface area contributed by atoms with Crippen molar-refractivity contribution in [2.75, 3.05) is 23.8 Å². The Morgan fingerprint density at radius 3 is 2.49 bits per heavy atom. The van der Waals surface area contributed by atoms with E-state index in [0.717, 1.165) is 38.9 Å². The fourth-order valence-electron chi connectivity index (χ4n) is 4.32. The largest absolute Gasteiger partial charge is 0.490 e. The van der Waals surface area contributed by atoms with Crippen LogP contribution in [-0.4, -0.2) is 36.2 Å². The molecule has 0 fully saturated rings. The van der Waals surface area contributed by atoms with Gasteiger partial charge in [-0.3, -0.25) is 9.59 Å². The first-order chi connectivity index (χ1) is 21.9. The first-order valence-corrected chi connectivity index (χ1v) is 15.2. The van der Waals surface area contributed by atoms with E-state index < -0.39 is 0 Å². The van der Waals surface area contributed by atoms with Gasteiger partial charge >= 0.3 is 0 Å². The molecule has 0 saturated carbocycles. The minimum absolute atomic E-state index is 0.177. The van der Waals surface area contributed by atoms with Gasteiger partial charge in [0.25, 0.3) is 11.8 Å². The molecule has 0 unspecified atom stereocenters. The number of hydrogen-bond acceptors (Lipinski definition) is 8. The number of anilines is 3. The second-order valence-electron chi connectivity index (χ2n) is 10.1. The zero-order chi connectivity index (χ0) is 31.6. The molecular weight excluding hydrogens is 586 g/mol. The second kappa shape index (κ2) is 14.8.